The van der Waals surface area contributed by atoms with E-state index in [1.54, 1.807) is 6.20 Å². The normalized spacial score (nSPS) is 14.8. The van der Waals surface area contributed by atoms with Crippen molar-refractivity contribution in [3.05, 3.63) is 24.0 Å². The summed E-state index contributed by atoms with van der Waals surface area (Å²) in [6.07, 6.45) is 3.50. The Hall–Kier alpha value is -1.82. The molecule has 0 bridgehead atoms. The molecule has 0 saturated heterocycles. The molecule has 0 aromatic carbocycles. The Morgan fingerprint density at radius 3 is 3.20 bits per heavy atom. The van der Waals surface area contributed by atoms with Gasteiger partial charge in [0.25, 0.3) is 0 Å². The molecule has 5 nitrogen and oxygen atoms in total. The second kappa shape index (κ2) is 2.84. The van der Waals surface area contributed by atoms with Gasteiger partial charge in [0.05, 0.1) is 5.71 Å². The third-order valence-electron chi connectivity index (χ3n) is 2.63. The average molecular weight is 200 g/mol. The zero-order chi connectivity index (χ0) is 10.4. The average Bonchev–Trinajstić information content (AvgIpc) is 2.70. The Bertz CT molecular complexity index is 562. The fourth-order valence-corrected chi connectivity index (χ4v) is 1.92. The Labute approximate surface area is 86.4 Å². The van der Waals surface area contributed by atoms with Crippen LogP contribution in [0.4, 0.5) is 0 Å². The van der Waals surface area contributed by atoms with Crippen LogP contribution in [0.5, 0.6) is 0 Å². The second-order valence-electron chi connectivity index (χ2n) is 3.56. The van der Waals surface area contributed by atoms with Gasteiger partial charge in [-0.05, 0) is 13.0 Å². The Kier molecular flexibility index (Phi) is 1.61. The van der Waals surface area contributed by atoms with Crippen molar-refractivity contribution < 1.29 is 5.02 Å². The highest BCUT2D eigenvalue weighted by atomic mass is 16.2. The summed E-state index contributed by atoms with van der Waals surface area (Å²) in [6.45, 7) is 1.91. The fraction of sp³-hybridized carbons (Fsp3) is 0.111. The van der Waals surface area contributed by atoms with Gasteiger partial charge in [-0.15, -0.1) is 0 Å². The summed E-state index contributed by atoms with van der Waals surface area (Å²) in [4.78, 5) is 7.27. The van der Waals surface area contributed by atoms with Crippen LogP contribution in [0, 0.1) is 0 Å². The summed E-state index contributed by atoms with van der Waals surface area (Å²) in [6, 6.07) is 1.94. The lowest BCUT2D eigenvalue weighted by molar-refractivity contribution is 0.565. The van der Waals surface area contributed by atoms with Crippen LogP contribution >= 0.6 is 0 Å². The van der Waals surface area contributed by atoms with Crippen LogP contribution in [0.15, 0.2) is 23.6 Å². The Morgan fingerprint density at radius 1 is 1.47 bits per heavy atom. The zero-order valence-electron chi connectivity index (χ0n) is 8.15. The number of nitrogens with one attached hydrogen (secondary N) is 2. The van der Waals surface area contributed by atoms with Crippen molar-refractivity contribution in [1.82, 2.24) is 15.3 Å². The third-order valence-corrected chi connectivity index (χ3v) is 2.63. The first-order valence-electron chi connectivity index (χ1n) is 4.71. The molecule has 1 aliphatic rings. The molecule has 0 aliphatic carbocycles. The molecule has 15 heavy (non-hydrogen) atoms. The number of aromatic nitrogens is 2. The van der Waals surface area contributed by atoms with Crippen molar-refractivity contribution >= 4 is 29.3 Å². The van der Waals surface area contributed by atoms with E-state index in [0.717, 1.165) is 27.8 Å². The summed E-state index contributed by atoms with van der Waals surface area (Å²) in [5.41, 5.74) is 3.42. The van der Waals surface area contributed by atoms with Crippen LogP contribution in [0.2, 0.25) is 0 Å². The van der Waals surface area contributed by atoms with E-state index in [2.05, 4.69) is 20.4 Å². The van der Waals surface area contributed by atoms with Gasteiger partial charge >= 0.3 is 7.05 Å². The third kappa shape index (κ3) is 1.08. The SMILES string of the molecule is CC1=NNB(O)c2cnc3[nH]ccc3c21. The van der Waals surface area contributed by atoms with Gasteiger partial charge in [-0.25, -0.2) is 4.98 Å². The standard InChI is InChI=1S/C9H9BN4O/c1-5-8-6-2-3-11-9(6)12-4-7(8)10(15)14-13-5/h2-4,14-15H,1H3,(H,11,12). The van der Waals surface area contributed by atoms with Crippen LogP contribution in [-0.2, 0) is 0 Å². The molecule has 0 spiro atoms. The Balaban J connectivity index is 2.42. The van der Waals surface area contributed by atoms with Gasteiger partial charge in [0.15, 0.2) is 0 Å². The molecule has 2 aromatic heterocycles. The van der Waals surface area contributed by atoms with Crippen molar-refractivity contribution in [1.29, 1.82) is 0 Å². The number of hydrogen-bond donors (Lipinski definition) is 3. The molecule has 0 saturated carbocycles. The first kappa shape index (κ1) is 8.49. The molecule has 74 valence electrons. The number of H-pyrrole nitrogens is 1. The number of fused-ring (bicyclic) bond motifs is 3. The first-order valence-corrected chi connectivity index (χ1v) is 4.71. The number of nitrogens with zero attached hydrogens (tertiary/aromatic N) is 2. The number of pyridine rings is 1. The van der Waals surface area contributed by atoms with Crippen molar-refractivity contribution in [3.8, 4) is 0 Å². The van der Waals surface area contributed by atoms with Crippen LogP contribution in [0.25, 0.3) is 11.0 Å². The van der Waals surface area contributed by atoms with Gasteiger partial charge < -0.3 is 15.3 Å². The summed E-state index contributed by atoms with van der Waals surface area (Å²) in [5.74, 6) is 0. The monoisotopic (exact) mass is 200 g/mol. The lowest BCUT2D eigenvalue weighted by atomic mass is 9.71. The molecule has 3 N–H and O–H groups in total. The molecule has 0 fully saturated rings. The Morgan fingerprint density at radius 2 is 2.33 bits per heavy atom. The van der Waals surface area contributed by atoms with E-state index < -0.39 is 7.05 Å². The smallest absolute Gasteiger partial charge is 0.428 e. The van der Waals surface area contributed by atoms with E-state index in [1.165, 1.54) is 0 Å². The van der Waals surface area contributed by atoms with Crippen molar-refractivity contribution in [3.63, 3.8) is 0 Å². The number of hydrogen-bond acceptors (Lipinski definition) is 4. The molecular formula is C9H9BN4O. The van der Waals surface area contributed by atoms with Crippen molar-refractivity contribution in [2.45, 2.75) is 6.92 Å². The molecule has 3 rings (SSSR count). The summed E-state index contributed by atoms with van der Waals surface area (Å²) in [5, 5.41) is 17.4. The van der Waals surface area contributed by atoms with Crippen molar-refractivity contribution in [2.24, 2.45) is 5.10 Å². The topological polar surface area (TPSA) is 73.3 Å². The predicted octanol–water partition coefficient (Wildman–Crippen LogP) is -0.422. The van der Waals surface area contributed by atoms with Gasteiger partial charge in [0.2, 0.25) is 0 Å². The molecule has 3 heterocycles. The van der Waals surface area contributed by atoms with E-state index in [4.69, 9.17) is 0 Å². The molecule has 0 radical (unpaired) electrons. The minimum Gasteiger partial charge on any atom is -0.428 e. The van der Waals surface area contributed by atoms with Crippen LogP contribution in [0.3, 0.4) is 0 Å². The molecule has 1 aliphatic heterocycles. The van der Waals surface area contributed by atoms with E-state index in [1.807, 2.05) is 19.2 Å². The molecule has 0 amide bonds. The van der Waals surface area contributed by atoms with Gasteiger partial charge in [0.1, 0.15) is 5.65 Å². The maximum atomic E-state index is 9.71. The minimum atomic E-state index is -0.768. The predicted molar refractivity (Wildman–Crippen MR) is 59.0 cm³/mol. The minimum absolute atomic E-state index is 0.768. The fourth-order valence-electron chi connectivity index (χ4n) is 1.92. The number of hydrazone groups is 1. The van der Waals surface area contributed by atoms with Gasteiger partial charge in [0, 0.05) is 28.8 Å². The number of rotatable bonds is 0. The lowest BCUT2D eigenvalue weighted by Crippen LogP contribution is -2.48. The second-order valence-corrected chi connectivity index (χ2v) is 3.56. The van der Waals surface area contributed by atoms with Crippen molar-refractivity contribution in [2.75, 3.05) is 0 Å². The van der Waals surface area contributed by atoms with Gasteiger partial charge in [-0.3, -0.25) is 0 Å². The van der Waals surface area contributed by atoms with E-state index in [9.17, 15) is 5.02 Å². The van der Waals surface area contributed by atoms with Crippen LogP contribution in [0.1, 0.15) is 12.5 Å². The van der Waals surface area contributed by atoms with Crippen LogP contribution < -0.4 is 10.8 Å². The molecular weight excluding hydrogens is 191 g/mol. The molecule has 2 aromatic rings. The summed E-state index contributed by atoms with van der Waals surface area (Å²) >= 11 is 0. The van der Waals surface area contributed by atoms with Gasteiger partial charge in [-0.1, -0.05) is 0 Å². The zero-order valence-corrected chi connectivity index (χ0v) is 8.15. The highest BCUT2D eigenvalue weighted by Crippen LogP contribution is 2.16. The quantitative estimate of drug-likeness (QED) is 0.505. The largest absolute Gasteiger partial charge is 0.465 e. The van der Waals surface area contributed by atoms with E-state index in [0.29, 0.717) is 0 Å². The first-order chi connectivity index (χ1) is 7.27. The van der Waals surface area contributed by atoms with Gasteiger partial charge in [-0.2, -0.15) is 5.10 Å². The molecule has 0 atom stereocenters. The summed E-state index contributed by atoms with van der Waals surface area (Å²) < 4.78 is 0. The molecule has 6 heteroatoms. The maximum absolute atomic E-state index is 9.71. The van der Waals surface area contributed by atoms with E-state index in [-0.39, 0.29) is 0 Å². The highest BCUT2D eigenvalue weighted by Gasteiger charge is 2.26. The highest BCUT2D eigenvalue weighted by molar-refractivity contribution is 6.66. The molecule has 0 unspecified atom stereocenters. The van der Waals surface area contributed by atoms with Crippen LogP contribution in [-0.4, -0.2) is 27.8 Å². The number of aromatic amines is 1. The summed E-state index contributed by atoms with van der Waals surface area (Å²) in [7, 11) is -0.768. The maximum Gasteiger partial charge on any atom is 0.465 e. The van der Waals surface area contributed by atoms with E-state index >= 15 is 0 Å². The lowest BCUT2D eigenvalue weighted by Gasteiger charge is -2.17.